The molecule has 2 aromatic carbocycles. The second-order valence-corrected chi connectivity index (χ2v) is 8.21. The minimum absolute atomic E-state index is 0.0227. The van der Waals surface area contributed by atoms with Crippen molar-refractivity contribution >= 4 is 40.6 Å². The first-order valence-corrected chi connectivity index (χ1v) is 10.8. The largest absolute Gasteiger partial charge is 0.497 e. The fourth-order valence-corrected chi connectivity index (χ4v) is 4.09. The maximum atomic E-state index is 12.7. The third-order valence-corrected chi connectivity index (χ3v) is 5.96. The van der Waals surface area contributed by atoms with Gasteiger partial charge in [-0.2, -0.15) is 0 Å². The summed E-state index contributed by atoms with van der Waals surface area (Å²) >= 11 is 12.1. The Labute approximate surface area is 191 Å². The molecule has 1 aromatic heterocycles. The Morgan fingerprint density at radius 3 is 2.48 bits per heavy atom. The van der Waals surface area contributed by atoms with Crippen LogP contribution in [0, 0.1) is 5.92 Å². The zero-order chi connectivity index (χ0) is 21.8. The Morgan fingerprint density at radius 1 is 1.06 bits per heavy atom. The molecule has 1 aliphatic rings. The van der Waals surface area contributed by atoms with Gasteiger partial charge in [0, 0.05) is 35.7 Å². The summed E-state index contributed by atoms with van der Waals surface area (Å²) in [5, 5.41) is 3.89. The molecule has 31 heavy (non-hydrogen) atoms. The predicted molar refractivity (Wildman–Crippen MR) is 124 cm³/mol. The molecule has 0 spiro atoms. The first-order valence-electron chi connectivity index (χ1n) is 10.0. The van der Waals surface area contributed by atoms with Gasteiger partial charge < -0.3 is 15.0 Å². The standard InChI is InChI=1S/C23H22Cl2N4O2/c1-31-18-5-2-15(3-6-18)21-13-22(27-14-26-21)29-10-8-16(9-11-29)23(30)28-20-7-4-17(24)12-19(20)25/h2-7,12-14,16H,8-11H2,1H3,(H,28,30). The molecule has 3 aromatic rings. The number of amides is 1. The van der Waals surface area contributed by atoms with E-state index in [1.54, 1.807) is 31.6 Å². The van der Waals surface area contributed by atoms with E-state index in [4.69, 9.17) is 27.9 Å². The number of piperidine rings is 1. The van der Waals surface area contributed by atoms with Gasteiger partial charge in [0.15, 0.2) is 0 Å². The number of ether oxygens (including phenoxy) is 1. The number of hydrogen-bond acceptors (Lipinski definition) is 5. The van der Waals surface area contributed by atoms with Crippen LogP contribution in [0.2, 0.25) is 10.0 Å². The smallest absolute Gasteiger partial charge is 0.227 e. The summed E-state index contributed by atoms with van der Waals surface area (Å²) in [5.41, 5.74) is 2.43. The van der Waals surface area contributed by atoms with E-state index in [-0.39, 0.29) is 11.8 Å². The van der Waals surface area contributed by atoms with E-state index in [2.05, 4.69) is 20.2 Å². The maximum absolute atomic E-state index is 12.7. The highest BCUT2D eigenvalue weighted by atomic mass is 35.5. The number of carbonyl (C=O) groups is 1. The predicted octanol–water partition coefficient (Wildman–Crippen LogP) is 5.31. The molecule has 0 saturated carbocycles. The summed E-state index contributed by atoms with van der Waals surface area (Å²) < 4.78 is 5.22. The van der Waals surface area contributed by atoms with E-state index in [0.29, 0.717) is 15.7 Å². The number of halogens is 2. The molecule has 1 fully saturated rings. The first-order chi connectivity index (χ1) is 15.0. The molecule has 160 valence electrons. The van der Waals surface area contributed by atoms with Crippen LogP contribution in [-0.4, -0.2) is 36.1 Å². The van der Waals surface area contributed by atoms with Gasteiger partial charge in [-0.05, 0) is 55.3 Å². The molecule has 0 aliphatic carbocycles. The van der Waals surface area contributed by atoms with Crippen molar-refractivity contribution in [1.29, 1.82) is 0 Å². The summed E-state index contributed by atoms with van der Waals surface area (Å²) in [6.07, 6.45) is 3.05. The molecule has 0 bridgehead atoms. The molecule has 0 unspecified atom stereocenters. The van der Waals surface area contributed by atoms with E-state index in [0.717, 1.165) is 48.8 Å². The monoisotopic (exact) mass is 456 g/mol. The molecule has 2 heterocycles. The SMILES string of the molecule is COc1ccc(-c2cc(N3CCC(C(=O)Nc4ccc(Cl)cc4Cl)CC3)ncn2)cc1. The average Bonchev–Trinajstić information content (AvgIpc) is 2.81. The summed E-state index contributed by atoms with van der Waals surface area (Å²) in [5.74, 6) is 1.56. The van der Waals surface area contributed by atoms with Gasteiger partial charge in [0.25, 0.3) is 0 Å². The van der Waals surface area contributed by atoms with Crippen LogP contribution >= 0.6 is 23.2 Å². The third kappa shape index (κ3) is 5.09. The number of nitrogens with one attached hydrogen (secondary N) is 1. The number of nitrogens with zero attached hydrogens (tertiary/aromatic N) is 3. The highest BCUT2D eigenvalue weighted by Crippen LogP contribution is 2.29. The topological polar surface area (TPSA) is 67.3 Å². The second kappa shape index (κ2) is 9.54. The van der Waals surface area contributed by atoms with Gasteiger partial charge in [-0.15, -0.1) is 0 Å². The van der Waals surface area contributed by atoms with E-state index in [9.17, 15) is 4.79 Å². The lowest BCUT2D eigenvalue weighted by Crippen LogP contribution is -2.38. The Morgan fingerprint density at radius 2 is 1.81 bits per heavy atom. The van der Waals surface area contributed by atoms with Gasteiger partial charge >= 0.3 is 0 Å². The highest BCUT2D eigenvalue weighted by molar-refractivity contribution is 6.36. The van der Waals surface area contributed by atoms with Crippen molar-refractivity contribution in [3.05, 3.63) is 64.9 Å². The van der Waals surface area contributed by atoms with Crippen LogP contribution in [0.15, 0.2) is 54.9 Å². The van der Waals surface area contributed by atoms with Crippen molar-refractivity contribution < 1.29 is 9.53 Å². The lowest BCUT2D eigenvalue weighted by atomic mass is 9.95. The Bertz CT molecular complexity index is 1070. The van der Waals surface area contributed by atoms with Crippen molar-refractivity contribution in [1.82, 2.24) is 9.97 Å². The van der Waals surface area contributed by atoms with Crippen molar-refractivity contribution in [2.24, 2.45) is 5.92 Å². The molecule has 1 N–H and O–H groups in total. The maximum Gasteiger partial charge on any atom is 0.227 e. The van der Waals surface area contributed by atoms with Gasteiger partial charge in [0.05, 0.1) is 23.5 Å². The van der Waals surface area contributed by atoms with Gasteiger partial charge in [-0.25, -0.2) is 9.97 Å². The molecule has 8 heteroatoms. The van der Waals surface area contributed by atoms with Crippen molar-refractivity contribution in [3.63, 3.8) is 0 Å². The highest BCUT2D eigenvalue weighted by Gasteiger charge is 2.26. The Balaban J connectivity index is 1.38. The summed E-state index contributed by atoms with van der Waals surface area (Å²) in [4.78, 5) is 23.7. The molecular formula is C23H22Cl2N4O2. The zero-order valence-corrected chi connectivity index (χ0v) is 18.5. The molecule has 1 amide bonds. The van der Waals surface area contributed by atoms with E-state index < -0.39 is 0 Å². The molecular weight excluding hydrogens is 435 g/mol. The minimum Gasteiger partial charge on any atom is -0.497 e. The number of benzene rings is 2. The number of hydrogen-bond donors (Lipinski definition) is 1. The molecule has 6 nitrogen and oxygen atoms in total. The molecule has 1 aliphatic heterocycles. The first kappa shape index (κ1) is 21.4. The van der Waals surface area contributed by atoms with Gasteiger partial charge in [-0.1, -0.05) is 23.2 Å². The van der Waals surface area contributed by atoms with Crippen LogP contribution in [-0.2, 0) is 4.79 Å². The van der Waals surface area contributed by atoms with Gasteiger partial charge in [0.1, 0.15) is 17.9 Å². The number of anilines is 2. The average molecular weight is 457 g/mol. The summed E-state index contributed by atoms with van der Waals surface area (Å²) in [6.45, 7) is 1.48. The molecule has 0 radical (unpaired) electrons. The van der Waals surface area contributed by atoms with Gasteiger partial charge in [0.2, 0.25) is 5.91 Å². The van der Waals surface area contributed by atoms with E-state index in [1.807, 2.05) is 30.3 Å². The number of rotatable bonds is 5. The van der Waals surface area contributed by atoms with Crippen LogP contribution in [0.5, 0.6) is 5.75 Å². The molecule has 1 saturated heterocycles. The fourth-order valence-electron chi connectivity index (χ4n) is 3.64. The normalized spacial score (nSPS) is 14.4. The lowest BCUT2D eigenvalue weighted by molar-refractivity contribution is -0.120. The van der Waals surface area contributed by atoms with Gasteiger partial charge in [-0.3, -0.25) is 4.79 Å². The summed E-state index contributed by atoms with van der Waals surface area (Å²) in [6, 6.07) is 14.8. The fraction of sp³-hybridized carbons (Fsp3) is 0.261. The number of carbonyl (C=O) groups excluding carboxylic acids is 1. The van der Waals surface area contributed by atoms with Crippen molar-refractivity contribution in [2.75, 3.05) is 30.4 Å². The van der Waals surface area contributed by atoms with Crippen LogP contribution in [0.3, 0.4) is 0 Å². The van der Waals surface area contributed by atoms with E-state index >= 15 is 0 Å². The number of methoxy groups -OCH3 is 1. The molecule has 4 rings (SSSR count). The van der Waals surface area contributed by atoms with Crippen molar-refractivity contribution in [3.8, 4) is 17.0 Å². The lowest BCUT2D eigenvalue weighted by Gasteiger charge is -2.32. The van der Waals surface area contributed by atoms with Crippen LogP contribution < -0.4 is 15.0 Å². The minimum atomic E-state index is -0.0779. The van der Waals surface area contributed by atoms with E-state index in [1.165, 1.54) is 0 Å². The summed E-state index contributed by atoms with van der Waals surface area (Å²) in [7, 11) is 1.64. The zero-order valence-electron chi connectivity index (χ0n) is 17.0. The van der Waals surface area contributed by atoms with Crippen molar-refractivity contribution in [2.45, 2.75) is 12.8 Å². The van der Waals surface area contributed by atoms with Crippen LogP contribution in [0.25, 0.3) is 11.3 Å². The second-order valence-electron chi connectivity index (χ2n) is 7.36. The third-order valence-electron chi connectivity index (χ3n) is 5.42. The number of aromatic nitrogens is 2. The molecule has 0 atom stereocenters. The van der Waals surface area contributed by atoms with Crippen LogP contribution in [0.1, 0.15) is 12.8 Å². The quantitative estimate of drug-likeness (QED) is 0.562. The Hall–Kier alpha value is -2.83. The Kier molecular flexibility index (Phi) is 6.59. The van der Waals surface area contributed by atoms with Crippen LogP contribution in [0.4, 0.5) is 11.5 Å².